The van der Waals surface area contributed by atoms with Crippen LogP contribution in [-0.4, -0.2) is 48.9 Å². The molecule has 0 bridgehead atoms. The number of nitrogens with zero attached hydrogens (tertiary/aromatic N) is 1. The Morgan fingerprint density at radius 1 is 1.35 bits per heavy atom. The Kier molecular flexibility index (Phi) is 5.35. The van der Waals surface area contributed by atoms with Crippen LogP contribution in [0, 0.1) is 6.92 Å². The molecule has 1 N–H and O–H groups in total. The first-order valence-electron chi connectivity index (χ1n) is 5.32. The van der Waals surface area contributed by atoms with Crippen molar-refractivity contribution in [3.05, 3.63) is 19.1 Å². The maximum Gasteiger partial charge on any atom is 0.253 e. The lowest BCUT2D eigenvalue weighted by atomic mass is 10.3. The van der Waals surface area contributed by atoms with Gasteiger partial charge in [-0.05, 0) is 6.92 Å². The van der Waals surface area contributed by atoms with Gasteiger partial charge in [-0.2, -0.15) is 0 Å². The predicted octanol–water partition coefficient (Wildman–Crippen LogP) is -0.732. The zero-order valence-corrected chi connectivity index (χ0v) is 9.48. The fourth-order valence-electron chi connectivity index (χ4n) is 1.32. The molecule has 0 aromatic rings. The van der Waals surface area contributed by atoms with Gasteiger partial charge in [0, 0.05) is 38.3 Å². The molecule has 0 aliphatic carbocycles. The van der Waals surface area contributed by atoms with Crippen LogP contribution in [0.2, 0.25) is 0 Å². The standard InChI is InChI=1S/C11H15N2O4/c1-2-17-8-6-12-9(14)5-7-13-10(15)3-4-11(13)16/h3-4H,1-2,5-8H2,(H,12,14). The summed E-state index contributed by atoms with van der Waals surface area (Å²) < 4.78 is 4.94. The number of imide groups is 1. The molecule has 0 fully saturated rings. The fourth-order valence-corrected chi connectivity index (χ4v) is 1.32. The van der Waals surface area contributed by atoms with E-state index in [0.29, 0.717) is 19.8 Å². The summed E-state index contributed by atoms with van der Waals surface area (Å²) in [7, 11) is 0. The smallest absolute Gasteiger partial charge is 0.253 e. The third kappa shape index (κ3) is 4.36. The molecule has 6 heteroatoms. The zero-order chi connectivity index (χ0) is 12.7. The van der Waals surface area contributed by atoms with Crippen molar-refractivity contribution < 1.29 is 19.1 Å². The zero-order valence-electron chi connectivity index (χ0n) is 9.48. The van der Waals surface area contributed by atoms with E-state index in [0.717, 1.165) is 4.90 Å². The summed E-state index contributed by atoms with van der Waals surface area (Å²) in [5.74, 6) is -0.962. The lowest BCUT2D eigenvalue weighted by Gasteiger charge is -2.13. The second-order valence-corrected chi connectivity index (χ2v) is 3.37. The summed E-state index contributed by atoms with van der Waals surface area (Å²) >= 11 is 0. The summed E-state index contributed by atoms with van der Waals surface area (Å²) in [6, 6.07) is 0. The van der Waals surface area contributed by atoms with Crippen molar-refractivity contribution >= 4 is 17.7 Å². The minimum Gasteiger partial charge on any atom is -0.380 e. The van der Waals surface area contributed by atoms with E-state index in [9.17, 15) is 14.4 Å². The van der Waals surface area contributed by atoms with Gasteiger partial charge in [-0.1, -0.05) is 0 Å². The number of amides is 3. The molecule has 0 saturated heterocycles. The molecular weight excluding hydrogens is 224 g/mol. The van der Waals surface area contributed by atoms with Gasteiger partial charge in [0.15, 0.2) is 0 Å². The minimum atomic E-state index is -0.372. The molecule has 1 aliphatic rings. The van der Waals surface area contributed by atoms with Crippen LogP contribution in [0.15, 0.2) is 12.2 Å². The molecule has 0 aromatic carbocycles. The molecule has 1 heterocycles. The first-order valence-corrected chi connectivity index (χ1v) is 5.32. The van der Waals surface area contributed by atoms with Crippen molar-refractivity contribution in [1.29, 1.82) is 0 Å². The quantitative estimate of drug-likeness (QED) is 0.469. The van der Waals surface area contributed by atoms with Gasteiger partial charge in [-0.3, -0.25) is 19.3 Å². The molecule has 0 atom stereocenters. The summed E-state index contributed by atoms with van der Waals surface area (Å²) in [4.78, 5) is 34.7. The van der Waals surface area contributed by atoms with Crippen LogP contribution in [-0.2, 0) is 19.1 Å². The Bertz CT molecular complexity index is 320. The Morgan fingerprint density at radius 2 is 2.00 bits per heavy atom. The highest BCUT2D eigenvalue weighted by Crippen LogP contribution is 2.03. The molecular formula is C11H15N2O4. The lowest BCUT2D eigenvalue weighted by molar-refractivity contribution is -0.137. The number of hydrogen-bond acceptors (Lipinski definition) is 4. The number of hydrogen-bond donors (Lipinski definition) is 1. The third-order valence-corrected chi connectivity index (χ3v) is 2.18. The number of nitrogens with one attached hydrogen (secondary N) is 1. The van der Waals surface area contributed by atoms with Crippen molar-refractivity contribution in [2.75, 3.05) is 26.3 Å². The van der Waals surface area contributed by atoms with Crippen molar-refractivity contribution in [3.8, 4) is 0 Å². The van der Waals surface area contributed by atoms with E-state index in [4.69, 9.17) is 4.74 Å². The van der Waals surface area contributed by atoms with Gasteiger partial charge in [0.25, 0.3) is 11.8 Å². The summed E-state index contributed by atoms with van der Waals surface area (Å²) in [6.45, 7) is 4.75. The third-order valence-electron chi connectivity index (χ3n) is 2.18. The molecule has 0 aromatic heterocycles. The summed E-state index contributed by atoms with van der Waals surface area (Å²) in [6.07, 6.45) is 2.49. The van der Waals surface area contributed by atoms with Crippen molar-refractivity contribution in [2.45, 2.75) is 6.42 Å². The average Bonchev–Trinajstić information content (AvgIpc) is 2.62. The largest absolute Gasteiger partial charge is 0.380 e. The molecule has 17 heavy (non-hydrogen) atoms. The maximum atomic E-state index is 11.3. The maximum absolute atomic E-state index is 11.3. The second-order valence-electron chi connectivity index (χ2n) is 3.37. The van der Waals surface area contributed by atoms with Crippen LogP contribution in [0.3, 0.4) is 0 Å². The predicted molar refractivity (Wildman–Crippen MR) is 59.7 cm³/mol. The van der Waals surface area contributed by atoms with Gasteiger partial charge in [0.2, 0.25) is 5.91 Å². The van der Waals surface area contributed by atoms with Gasteiger partial charge in [0.05, 0.1) is 6.61 Å². The van der Waals surface area contributed by atoms with Crippen LogP contribution in [0.25, 0.3) is 0 Å². The SMILES string of the molecule is [CH2]COCCNC(=O)CCN1C(=O)C=CC1=O. The highest BCUT2D eigenvalue weighted by Gasteiger charge is 2.23. The fraction of sp³-hybridized carbons (Fsp3) is 0.455. The monoisotopic (exact) mass is 239 g/mol. The van der Waals surface area contributed by atoms with E-state index in [1.165, 1.54) is 12.2 Å². The molecule has 0 spiro atoms. The van der Waals surface area contributed by atoms with Gasteiger partial charge < -0.3 is 10.1 Å². The van der Waals surface area contributed by atoms with E-state index in [1.54, 1.807) is 0 Å². The topological polar surface area (TPSA) is 75.7 Å². The number of rotatable bonds is 7. The Morgan fingerprint density at radius 3 is 2.59 bits per heavy atom. The summed E-state index contributed by atoms with van der Waals surface area (Å²) in [5.41, 5.74) is 0. The number of carbonyl (C=O) groups is 3. The number of ether oxygens (including phenoxy) is 1. The molecule has 1 radical (unpaired) electrons. The first-order chi connectivity index (χ1) is 8.15. The Hall–Kier alpha value is -1.69. The molecule has 93 valence electrons. The number of carbonyl (C=O) groups excluding carboxylic acids is 3. The van der Waals surface area contributed by atoms with E-state index in [2.05, 4.69) is 12.2 Å². The molecule has 0 unspecified atom stereocenters. The van der Waals surface area contributed by atoms with Crippen LogP contribution in [0.5, 0.6) is 0 Å². The summed E-state index contributed by atoms with van der Waals surface area (Å²) in [5, 5.41) is 2.61. The van der Waals surface area contributed by atoms with E-state index in [1.807, 2.05) is 0 Å². The minimum absolute atomic E-state index is 0.101. The van der Waals surface area contributed by atoms with Gasteiger partial charge in [-0.25, -0.2) is 0 Å². The van der Waals surface area contributed by atoms with Crippen molar-refractivity contribution in [3.63, 3.8) is 0 Å². The normalized spacial score (nSPS) is 14.5. The lowest BCUT2D eigenvalue weighted by Crippen LogP contribution is -2.35. The Labute approximate surface area is 99.6 Å². The van der Waals surface area contributed by atoms with E-state index in [-0.39, 0.29) is 30.7 Å². The molecule has 0 saturated carbocycles. The van der Waals surface area contributed by atoms with Crippen LogP contribution < -0.4 is 5.32 Å². The average molecular weight is 239 g/mol. The van der Waals surface area contributed by atoms with Crippen LogP contribution >= 0.6 is 0 Å². The first kappa shape index (κ1) is 13.4. The van der Waals surface area contributed by atoms with Crippen molar-refractivity contribution in [2.24, 2.45) is 0 Å². The van der Waals surface area contributed by atoms with E-state index < -0.39 is 0 Å². The highest BCUT2D eigenvalue weighted by molar-refractivity contribution is 6.13. The van der Waals surface area contributed by atoms with E-state index >= 15 is 0 Å². The highest BCUT2D eigenvalue weighted by atomic mass is 16.5. The van der Waals surface area contributed by atoms with Gasteiger partial charge in [-0.15, -0.1) is 0 Å². The van der Waals surface area contributed by atoms with Crippen molar-refractivity contribution in [1.82, 2.24) is 10.2 Å². The second kappa shape index (κ2) is 6.80. The molecule has 3 amide bonds. The van der Waals surface area contributed by atoms with Crippen LogP contribution in [0.4, 0.5) is 0 Å². The van der Waals surface area contributed by atoms with Crippen LogP contribution in [0.1, 0.15) is 6.42 Å². The van der Waals surface area contributed by atoms with Gasteiger partial charge in [0.1, 0.15) is 0 Å². The Balaban J connectivity index is 2.16. The molecule has 6 nitrogen and oxygen atoms in total. The van der Waals surface area contributed by atoms with Gasteiger partial charge >= 0.3 is 0 Å². The molecule has 1 rings (SSSR count). The molecule has 1 aliphatic heterocycles.